The smallest absolute Gasteiger partial charge is 0.317 e. The highest BCUT2D eigenvalue weighted by Gasteiger charge is 2.32. The summed E-state index contributed by atoms with van der Waals surface area (Å²) in [5.74, 6) is -0.808. The maximum atomic E-state index is 13.1. The third kappa shape index (κ3) is 5.96. The number of nitrogens with one attached hydrogen (secondary N) is 1. The molecule has 0 aliphatic rings. The number of alkyl halides is 3. The number of carbonyl (C=O) groups excluding carboxylic acids is 1. The van der Waals surface area contributed by atoms with E-state index in [0.29, 0.717) is 10.4 Å². The SMILES string of the molecule is Cc1cccc(C)c1-n1c(C)cc(/C=N\NC(=O)CN(c2cccc(C(F)(F)F)c2)S(C)(=O)=O)c1C. The zero-order chi connectivity index (χ0) is 26.8. The van der Waals surface area contributed by atoms with Crippen LogP contribution in [0.1, 0.15) is 33.6 Å². The van der Waals surface area contributed by atoms with E-state index in [-0.39, 0.29) is 5.69 Å². The van der Waals surface area contributed by atoms with Gasteiger partial charge >= 0.3 is 6.18 Å². The van der Waals surface area contributed by atoms with Crippen molar-refractivity contribution >= 4 is 27.8 Å². The number of para-hydroxylation sites is 1. The molecule has 2 aromatic carbocycles. The summed E-state index contributed by atoms with van der Waals surface area (Å²) in [6, 6.07) is 11.7. The van der Waals surface area contributed by atoms with E-state index in [4.69, 9.17) is 0 Å². The zero-order valence-electron chi connectivity index (χ0n) is 20.5. The minimum absolute atomic E-state index is 0.274. The highest BCUT2D eigenvalue weighted by Crippen LogP contribution is 2.32. The fraction of sp³-hybridized carbons (Fsp3) is 0.280. The van der Waals surface area contributed by atoms with Crippen LogP contribution in [0.2, 0.25) is 0 Å². The van der Waals surface area contributed by atoms with Crippen LogP contribution < -0.4 is 9.73 Å². The molecule has 1 N–H and O–H groups in total. The molecule has 7 nitrogen and oxygen atoms in total. The van der Waals surface area contributed by atoms with Crippen LogP contribution in [0.4, 0.5) is 18.9 Å². The molecule has 0 aliphatic heterocycles. The summed E-state index contributed by atoms with van der Waals surface area (Å²) in [7, 11) is -4.05. The average Bonchev–Trinajstić information content (AvgIpc) is 3.04. The molecule has 11 heteroatoms. The molecular weight excluding hydrogens is 493 g/mol. The lowest BCUT2D eigenvalue weighted by atomic mass is 10.1. The number of carbonyl (C=O) groups is 1. The summed E-state index contributed by atoms with van der Waals surface area (Å²) in [5, 5.41) is 3.94. The Labute approximate surface area is 208 Å². The van der Waals surface area contributed by atoms with Crippen LogP contribution >= 0.6 is 0 Å². The van der Waals surface area contributed by atoms with Crippen LogP contribution in [0.5, 0.6) is 0 Å². The van der Waals surface area contributed by atoms with Crippen molar-refractivity contribution in [3.8, 4) is 5.69 Å². The van der Waals surface area contributed by atoms with Gasteiger partial charge in [-0.1, -0.05) is 24.3 Å². The van der Waals surface area contributed by atoms with Gasteiger partial charge in [0.1, 0.15) is 6.54 Å². The van der Waals surface area contributed by atoms with Crippen LogP contribution in [0.3, 0.4) is 0 Å². The number of hydrazone groups is 1. The number of amides is 1. The minimum atomic E-state index is -4.66. The normalized spacial score (nSPS) is 12.2. The first-order chi connectivity index (χ1) is 16.7. The molecule has 192 valence electrons. The molecule has 3 aromatic rings. The van der Waals surface area contributed by atoms with E-state index in [0.717, 1.165) is 52.2 Å². The number of rotatable bonds is 7. The highest BCUT2D eigenvalue weighted by atomic mass is 32.2. The third-order valence-electron chi connectivity index (χ3n) is 5.68. The Bertz CT molecular complexity index is 1410. The van der Waals surface area contributed by atoms with Gasteiger partial charge in [0, 0.05) is 17.0 Å². The molecule has 36 heavy (non-hydrogen) atoms. The number of aromatic nitrogens is 1. The lowest BCUT2D eigenvalue weighted by Crippen LogP contribution is -2.39. The fourth-order valence-corrected chi connectivity index (χ4v) is 4.85. The van der Waals surface area contributed by atoms with E-state index in [2.05, 4.69) is 15.1 Å². The minimum Gasteiger partial charge on any atom is -0.317 e. The molecule has 0 bridgehead atoms. The first-order valence-electron chi connectivity index (χ1n) is 10.9. The molecule has 0 unspecified atom stereocenters. The van der Waals surface area contributed by atoms with Crippen molar-refractivity contribution < 1.29 is 26.4 Å². The van der Waals surface area contributed by atoms with Crippen LogP contribution in [0.25, 0.3) is 5.69 Å². The van der Waals surface area contributed by atoms with Crippen LogP contribution in [0.15, 0.2) is 53.6 Å². The second-order valence-corrected chi connectivity index (χ2v) is 10.4. The number of benzene rings is 2. The molecule has 1 heterocycles. The molecule has 1 aromatic heterocycles. The predicted molar refractivity (Wildman–Crippen MR) is 134 cm³/mol. The number of sulfonamides is 1. The van der Waals surface area contributed by atoms with E-state index in [1.54, 1.807) is 0 Å². The van der Waals surface area contributed by atoms with Gasteiger partial charge in [0.15, 0.2) is 0 Å². The van der Waals surface area contributed by atoms with Gasteiger partial charge in [-0.15, -0.1) is 0 Å². The van der Waals surface area contributed by atoms with E-state index in [1.165, 1.54) is 12.3 Å². The molecule has 0 saturated heterocycles. The Hall–Kier alpha value is -3.60. The highest BCUT2D eigenvalue weighted by molar-refractivity contribution is 7.92. The van der Waals surface area contributed by atoms with Crippen LogP contribution in [0, 0.1) is 27.7 Å². The number of nitrogens with zero attached hydrogens (tertiary/aromatic N) is 3. The largest absolute Gasteiger partial charge is 0.416 e. The van der Waals surface area contributed by atoms with E-state index in [9.17, 15) is 26.4 Å². The summed E-state index contributed by atoms with van der Waals surface area (Å²) >= 11 is 0. The zero-order valence-corrected chi connectivity index (χ0v) is 21.3. The molecule has 0 atom stereocenters. The maximum absolute atomic E-state index is 13.1. The first-order valence-corrected chi connectivity index (χ1v) is 12.8. The summed E-state index contributed by atoms with van der Waals surface area (Å²) in [6.07, 6.45) is -2.40. The molecule has 1 amide bonds. The number of anilines is 1. The van der Waals surface area contributed by atoms with Crippen LogP contribution in [-0.2, 0) is 21.0 Å². The van der Waals surface area contributed by atoms with Crippen molar-refractivity contribution in [3.05, 3.63) is 82.2 Å². The van der Waals surface area contributed by atoms with Crippen molar-refractivity contribution in [3.63, 3.8) is 0 Å². The summed E-state index contributed by atoms with van der Waals surface area (Å²) in [5.41, 5.74) is 6.82. The maximum Gasteiger partial charge on any atom is 0.416 e. The number of halogens is 3. The monoisotopic (exact) mass is 520 g/mol. The average molecular weight is 521 g/mol. The Balaban J connectivity index is 1.80. The summed E-state index contributed by atoms with van der Waals surface area (Å²) < 4.78 is 66.3. The van der Waals surface area contributed by atoms with Gasteiger partial charge < -0.3 is 4.57 Å². The number of hydrogen-bond donors (Lipinski definition) is 1. The van der Waals surface area contributed by atoms with Crippen LogP contribution in [-0.4, -0.2) is 37.9 Å². The molecule has 0 saturated carbocycles. The fourth-order valence-electron chi connectivity index (χ4n) is 4.00. The molecule has 3 rings (SSSR count). The van der Waals surface area contributed by atoms with Crippen molar-refractivity contribution in [1.82, 2.24) is 9.99 Å². The van der Waals surface area contributed by atoms with E-state index < -0.39 is 34.2 Å². The molecule has 0 spiro atoms. The van der Waals surface area contributed by atoms with Gasteiger partial charge in [-0.3, -0.25) is 9.10 Å². The van der Waals surface area contributed by atoms with Gasteiger partial charge in [0.25, 0.3) is 5.91 Å². The second kappa shape index (κ2) is 10.2. The second-order valence-electron chi connectivity index (χ2n) is 8.51. The molecule has 0 radical (unpaired) electrons. The standard InChI is InChI=1S/C25H27F3N4O3S/c1-16-8-6-9-17(2)24(16)32-18(3)12-20(19(32)4)14-29-30-23(33)15-31(36(5,34)35)22-11-7-10-21(13-22)25(26,27)28/h6-14H,15H2,1-5H3,(H,30,33)/b29-14-. The Morgan fingerprint density at radius 1 is 1.06 bits per heavy atom. The lowest BCUT2D eigenvalue weighted by molar-refractivity contribution is -0.137. The molecular formula is C25H27F3N4O3S. The van der Waals surface area contributed by atoms with Crippen molar-refractivity contribution in [1.29, 1.82) is 0 Å². The van der Waals surface area contributed by atoms with E-state index >= 15 is 0 Å². The van der Waals surface area contributed by atoms with E-state index in [1.807, 2.05) is 52.0 Å². The summed E-state index contributed by atoms with van der Waals surface area (Å²) in [4.78, 5) is 12.5. The van der Waals surface area contributed by atoms with Gasteiger partial charge in [0.05, 0.1) is 29.4 Å². The van der Waals surface area contributed by atoms with Gasteiger partial charge in [-0.05, 0) is 63.1 Å². The Kier molecular flexibility index (Phi) is 7.63. The first kappa shape index (κ1) is 27.0. The molecule has 0 fully saturated rings. The van der Waals surface area contributed by atoms with Crippen molar-refractivity contribution in [2.24, 2.45) is 5.10 Å². The summed E-state index contributed by atoms with van der Waals surface area (Å²) in [6.45, 7) is 7.17. The Morgan fingerprint density at radius 2 is 1.67 bits per heavy atom. The number of hydrogen-bond acceptors (Lipinski definition) is 4. The predicted octanol–water partition coefficient (Wildman–Crippen LogP) is 4.65. The lowest BCUT2D eigenvalue weighted by Gasteiger charge is -2.22. The van der Waals surface area contributed by atoms with Gasteiger partial charge in [-0.2, -0.15) is 18.3 Å². The quantitative estimate of drug-likeness (QED) is 0.364. The number of aryl methyl sites for hydroxylation is 3. The topological polar surface area (TPSA) is 83.8 Å². The van der Waals surface area contributed by atoms with Gasteiger partial charge in [-0.25, -0.2) is 13.8 Å². The van der Waals surface area contributed by atoms with Gasteiger partial charge in [0.2, 0.25) is 10.0 Å². The van der Waals surface area contributed by atoms with Crippen molar-refractivity contribution in [2.75, 3.05) is 17.1 Å². The molecule has 0 aliphatic carbocycles. The van der Waals surface area contributed by atoms with Crippen molar-refractivity contribution in [2.45, 2.75) is 33.9 Å². The third-order valence-corrected chi connectivity index (χ3v) is 6.82. The Morgan fingerprint density at radius 3 is 2.25 bits per heavy atom.